The third-order valence-electron chi connectivity index (χ3n) is 14.1. The summed E-state index contributed by atoms with van der Waals surface area (Å²) in [5.74, 6) is 0.192. The van der Waals surface area contributed by atoms with E-state index in [1.165, 1.54) is 109 Å². The Morgan fingerprint density at radius 1 is 0.433 bits per heavy atom. The van der Waals surface area contributed by atoms with Crippen LogP contribution in [-0.2, 0) is 25.0 Å². The lowest BCUT2D eigenvalue weighted by atomic mass is 9.94. The highest BCUT2D eigenvalue weighted by Crippen LogP contribution is 2.24. The summed E-state index contributed by atoms with van der Waals surface area (Å²) in [4.78, 5) is 30.3. The van der Waals surface area contributed by atoms with Crippen LogP contribution in [0.2, 0.25) is 0 Å². The molecule has 13 nitrogen and oxygen atoms in total. The molecule has 0 aromatic carbocycles. The van der Waals surface area contributed by atoms with Crippen molar-refractivity contribution in [2.24, 2.45) is 0 Å². The highest BCUT2D eigenvalue weighted by molar-refractivity contribution is 7.88. The van der Waals surface area contributed by atoms with Crippen molar-refractivity contribution < 1.29 is 26.4 Å². The average Bonchev–Trinajstić information content (AvgIpc) is 3.24. The summed E-state index contributed by atoms with van der Waals surface area (Å²) in [6.45, 7) is 35.4. The topological polar surface area (TPSA) is 125 Å². The quantitative estimate of drug-likeness (QED) is 0.258. The van der Waals surface area contributed by atoms with Gasteiger partial charge in [-0.15, -0.1) is 0 Å². The van der Waals surface area contributed by atoms with E-state index >= 15 is 0 Å². The fraction of sp³-hybridized carbons (Fsp3) is 0.731. The molecule has 3 amide bonds. The lowest BCUT2D eigenvalue weighted by molar-refractivity contribution is -0.128. The Morgan fingerprint density at radius 3 is 1.09 bits per heavy atom. The lowest BCUT2D eigenvalue weighted by Crippen LogP contribution is -2.43. The highest BCUT2D eigenvalue weighted by Gasteiger charge is 2.27. The van der Waals surface area contributed by atoms with Crippen LogP contribution in [0.25, 0.3) is 0 Å². The van der Waals surface area contributed by atoms with Gasteiger partial charge < -0.3 is 19.6 Å². The van der Waals surface area contributed by atoms with E-state index in [0.717, 1.165) is 51.9 Å². The molecule has 0 aromatic rings. The number of allylic oxidation sites excluding steroid dienone is 2. The van der Waals surface area contributed by atoms with E-state index in [4.69, 9.17) is 0 Å². The van der Waals surface area contributed by atoms with Crippen molar-refractivity contribution in [3.8, 4) is 0 Å². The summed E-state index contributed by atoms with van der Waals surface area (Å²) < 4.78 is 50.1. The Morgan fingerprint density at radius 2 is 0.761 bits per heavy atom. The van der Waals surface area contributed by atoms with E-state index in [2.05, 4.69) is 81.2 Å². The van der Waals surface area contributed by atoms with E-state index < -0.39 is 20.2 Å². The van der Waals surface area contributed by atoms with Gasteiger partial charge in [0.2, 0.25) is 15.9 Å². The first kappa shape index (κ1) is 61.9. The predicted molar refractivity (Wildman–Crippen MR) is 283 cm³/mol. The predicted octanol–water partition coefficient (Wildman–Crippen LogP) is 9.66. The van der Waals surface area contributed by atoms with Gasteiger partial charge in [-0.05, 0) is 148 Å². The Labute approximate surface area is 411 Å². The Hall–Kier alpha value is -3.08. The average molecular weight is 979 g/mol. The van der Waals surface area contributed by atoms with Gasteiger partial charge in [0.1, 0.15) is 0 Å². The lowest BCUT2D eigenvalue weighted by Gasteiger charge is -2.30. The maximum absolute atomic E-state index is 11.8. The van der Waals surface area contributed by atoms with Gasteiger partial charge in [0.15, 0.2) is 0 Å². The maximum atomic E-state index is 11.8. The molecule has 5 heterocycles. The summed E-state index contributed by atoms with van der Waals surface area (Å²) in [6, 6.07) is 0.117. The molecule has 0 saturated heterocycles. The fourth-order valence-corrected chi connectivity index (χ4v) is 9.82. The van der Waals surface area contributed by atoms with E-state index in [1.807, 2.05) is 23.6 Å². The molecular weight excluding hydrogens is 883 g/mol. The van der Waals surface area contributed by atoms with Crippen molar-refractivity contribution in [3.05, 3.63) is 66.9 Å². The molecule has 0 atom stereocenters. The second-order valence-electron chi connectivity index (χ2n) is 20.3. The van der Waals surface area contributed by atoms with Crippen LogP contribution in [0.1, 0.15) is 148 Å². The summed E-state index contributed by atoms with van der Waals surface area (Å²) in [5.41, 5.74) is 17.0. The number of likely N-dealkylation sites (N-methyl/N-ethyl adjacent to an activating group) is 1. The van der Waals surface area contributed by atoms with Gasteiger partial charge in [-0.25, -0.2) is 13.2 Å². The van der Waals surface area contributed by atoms with Crippen molar-refractivity contribution in [1.82, 2.24) is 32.5 Å². The Bertz CT molecular complexity index is 2080. The number of hydrogen-bond donors (Lipinski definition) is 0. The van der Waals surface area contributed by atoms with Gasteiger partial charge in [0.25, 0.3) is 10.2 Å². The molecular formula is C52H95N7O6S2. The Kier molecular flexibility index (Phi) is 27.0. The first-order chi connectivity index (χ1) is 30.9. The number of urea groups is 1. The molecule has 6 aliphatic rings. The number of sulfonamides is 1. The standard InChI is InChI=1S/C10H18N2O.C9H18N2O2S.C9H15NO.C8H15NO2S.C8H15N.C8H14/c1-8-5-6-12(7-9(8)2)10(13)11(3)4;1-8-5-6-11(7-9(8)2)14(12,13)10(3)4;1-7-4-5-10(9(3)11)6-8(7)2;1-7-4-5-9(6-8(7)2)12(3,10)11;1-7-4-5-9(3)6-8(7)2;1-7-5-3-4-6-8(7)2/h5-7H2,1-4H3;5-7H2,1-4H3;4-6H2,1-3H3;4-6H2,1-3H3;4-6H2,1-3H3;3-6H2,1-2H3. The number of carbonyl (C=O) groups is 2. The van der Waals surface area contributed by atoms with Gasteiger partial charge in [0, 0.05) is 101 Å². The summed E-state index contributed by atoms with van der Waals surface area (Å²) in [6.07, 6.45) is 11.9. The van der Waals surface area contributed by atoms with Gasteiger partial charge in [-0.3, -0.25) is 4.79 Å². The summed E-state index contributed by atoms with van der Waals surface area (Å²) >= 11 is 0. The van der Waals surface area contributed by atoms with Gasteiger partial charge in [-0.1, -0.05) is 66.9 Å². The van der Waals surface area contributed by atoms with Crippen LogP contribution in [0.3, 0.4) is 0 Å². The molecule has 0 spiro atoms. The molecule has 386 valence electrons. The minimum atomic E-state index is -3.22. The van der Waals surface area contributed by atoms with Crippen molar-refractivity contribution in [2.75, 3.05) is 107 Å². The number of carbonyl (C=O) groups excluding carboxylic acids is 2. The summed E-state index contributed by atoms with van der Waals surface area (Å²) in [7, 11) is 2.69. The minimum absolute atomic E-state index is 0.117. The molecule has 15 heteroatoms. The van der Waals surface area contributed by atoms with E-state index in [1.54, 1.807) is 62.3 Å². The Balaban J connectivity index is 0.000000405. The number of amides is 3. The van der Waals surface area contributed by atoms with E-state index in [9.17, 15) is 26.4 Å². The van der Waals surface area contributed by atoms with Crippen LogP contribution in [0, 0.1) is 0 Å². The molecule has 0 bridgehead atoms. The molecule has 0 aromatic heterocycles. The SMILES string of the molecule is CC(=O)N1CCC(C)=C(C)C1.CC1=C(C)CCCC1.CC1=C(C)CN(C(=O)N(C)C)CC1.CC1=C(C)CN(C)CC1.CC1=C(C)CN(S(=O)(=O)N(C)C)CC1.CC1=C(C)CN(S(C)(=O)=O)CC1. The second kappa shape index (κ2) is 29.2. The monoisotopic (exact) mass is 978 g/mol. The third-order valence-corrected chi connectivity index (χ3v) is 17.3. The second-order valence-corrected chi connectivity index (χ2v) is 24.4. The molecule has 0 radical (unpaired) electrons. The van der Waals surface area contributed by atoms with Crippen LogP contribution >= 0.6 is 0 Å². The van der Waals surface area contributed by atoms with Crippen molar-refractivity contribution in [3.63, 3.8) is 0 Å². The van der Waals surface area contributed by atoms with Gasteiger partial charge in [-0.2, -0.15) is 21.3 Å². The smallest absolute Gasteiger partial charge is 0.319 e. The zero-order chi connectivity index (χ0) is 51.6. The number of nitrogens with zero attached hydrogens (tertiary/aromatic N) is 7. The van der Waals surface area contributed by atoms with Crippen LogP contribution in [0.5, 0.6) is 0 Å². The first-order valence-corrected chi connectivity index (χ1v) is 27.6. The largest absolute Gasteiger partial charge is 0.339 e. The third kappa shape index (κ3) is 22.0. The minimum Gasteiger partial charge on any atom is -0.339 e. The molecule has 0 fully saturated rings. The van der Waals surface area contributed by atoms with Crippen LogP contribution in [0.15, 0.2) is 66.9 Å². The molecule has 0 saturated carbocycles. The summed E-state index contributed by atoms with van der Waals surface area (Å²) in [5, 5.41) is 0. The van der Waals surface area contributed by atoms with Gasteiger partial charge in [0.05, 0.1) is 6.26 Å². The van der Waals surface area contributed by atoms with E-state index in [0.29, 0.717) is 26.2 Å². The number of hydrogen-bond acceptors (Lipinski definition) is 7. The van der Waals surface area contributed by atoms with Crippen LogP contribution < -0.4 is 0 Å². The van der Waals surface area contributed by atoms with Crippen molar-refractivity contribution in [1.29, 1.82) is 0 Å². The normalized spacial score (nSPS) is 20.4. The molecule has 6 rings (SSSR count). The molecule has 67 heavy (non-hydrogen) atoms. The molecule has 1 aliphatic carbocycles. The first-order valence-electron chi connectivity index (χ1n) is 24.3. The highest BCUT2D eigenvalue weighted by atomic mass is 32.2. The van der Waals surface area contributed by atoms with Crippen molar-refractivity contribution >= 4 is 32.2 Å². The zero-order valence-electron chi connectivity index (χ0n) is 45.8. The molecule has 5 aliphatic heterocycles. The van der Waals surface area contributed by atoms with E-state index in [-0.39, 0.29) is 11.9 Å². The van der Waals surface area contributed by atoms with Crippen molar-refractivity contribution in [2.45, 2.75) is 148 Å². The molecule has 0 N–H and O–H groups in total. The van der Waals surface area contributed by atoms with Crippen LogP contribution in [-0.4, -0.2) is 168 Å². The zero-order valence-corrected chi connectivity index (χ0v) is 47.5. The molecule has 0 unspecified atom stereocenters. The fourth-order valence-electron chi connectivity index (χ4n) is 7.83. The maximum Gasteiger partial charge on any atom is 0.319 e. The van der Waals surface area contributed by atoms with Gasteiger partial charge >= 0.3 is 6.03 Å². The number of rotatable bonds is 3. The van der Waals surface area contributed by atoms with Crippen LogP contribution in [0.4, 0.5) is 4.79 Å².